The van der Waals surface area contributed by atoms with Crippen LogP contribution in [0.15, 0.2) is 0 Å². The van der Waals surface area contributed by atoms with Crippen LogP contribution in [0.25, 0.3) is 0 Å². The van der Waals surface area contributed by atoms with E-state index in [4.69, 9.17) is 5.11 Å². The molecule has 0 aromatic rings. The van der Waals surface area contributed by atoms with Gasteiger partial charge in [-0.2, -0.15) is 0 Å². The molecule has 2 aliphatic rings. The Morgan fingerprint density at radius 1 is 1.11 bits per heavy atom. The van der Waals surface area contributed by atoms with Gasteiger partial charge in [0.05, 0.1) is 5.92 Å². The molecule has 0 bridgehead atoms. The number of likely N-dealkylation sites (tertiary alicyclic amines) is 1. The fraction of sp³-hybridized carbons (Fsp3) is 0.857. The molecule has 0 aliphatic carbocycles. The molecule has 2 aliphatic heterocycles. The van der Waals surface area contributed by atoms with Crippen LogP contribution in [0.3, 0.4) is 0 Å². The Balaban J connectivity index is 1.67. The fourth-order valence-electron chi connectivity index (χ4n) is 3.03. The smallest absolute Gasteiger partial charge is 0.306 e. The number of carbonyl (C=O) groups is 2. The highest BCUT2D eigenvalue weighted by molar-refractivity contribution is 5.77. The van der Waals surface area contributed by atoms with Crippen LogP contribution in [0.2, 0.25) is 0 Å². The Hall–Kier alpha value is -1.10. The number of hydrogen-bond acceptors (Lipinski definition) is 3. The van der Waals surface area contributed by atoms with E-state index in [0.29, 0.717) is 38.3 Å². The molecule has 2 N–H and O–H groups in total. The van der Waals surface area contributed by atoms with Gasteiger partial charge in [0.25, 0.3) is 0 Å². The summed E-state index contributed by atoms with van der Waals surface area (Å²) in [5.41, 5.74) is 0. The van der Waals surface area contributed by atoms with Crippen LogP contribution in [0.5, 0.6) is 0 Å². The predicted molar refractivity (Wildman–Crippen MR) is 71.8 cm³/mol. The number of aliphatic carboxylic acids is 1. The fourth-order valence-corrected chi connectivity index (χ4v) is 3.03. The summed E-state index contributed by atoms with van der Waals surface area (Å²) in [7, 11) is 0. The van der Waals surface area contributed by atoms with Gasteiger partial charge in [0.15, 0.2) is 0 Å². The highest BCUT2D eigenvalue weighted by Crippen LogP contribution is 2.21. The largest absolute Gasteiger partial charge is 0.481 e. The monoisotopic (exact) mass is 268 g/mol. The molecule has 2 rings (SSSR count). The number of hydrogen-bond donors (Lipinski definition) is 2. The van der Waals surface area contributed by atoms with Gasteiger partial charge in [-0.1, -0.05) is 0 Å². The first-order valence-corrected chi connectivity index (χ1v) is 7.38. The number of rotatable bonds is 4. The molecule has 19 heavy (non-hydrogen) atoms. The highest BCUT2D eigenvalue weighted by atomic mass is 16.4. The lowest BCUT2D eigenvalue weighted by atomic mass is 9.92. The summed E-state index contributed by atoms with van der Waals surface area (Å²) < 4.78 is 0. The second kappa shape index (κ2) is 6.89. The molecular weight excluding hydrogens is 244 g/mol. The summed E-state index contributed by atoms with van der Waals surface area (Å²) in [6.07, 6.45) is 5.17. The van der Waals surface area contributed by atoms with Crippen molar-refractivity contribution in [2.45, 2.75) is 38.5 Å². The van der Waals surface area contributed by atoms with Crippen LogP contribution >= 0.6 is 0 Å². The minimum absolute atomic E-state index is 0.211. The molecule has 0 spiro atoms. The van der Waals surface area contributed by atoms with Crippen molar-refractivity contribution in [3.05, 3.63) is 0 Å². The molecule has 0 atom stereocenters. The van der Waals surface area contributed by atoms with Gasteiger partial charge in [0.2, 0.25) is 5.91 Å². The number of carboxylic acids is 1. The average Bonchev–Trinajstić information content (AvgIpc) is 2.46. The Labute approximate surface area is 114 Å². The summed E-state index contributed by atoms with van der Waals surface area (Å²) in [4.78, 5) is 24.8. The summed E-state index contributed by atoms with van der Waals surface area (Å²) in [6, 6.07) is 0. The number of nitrogens with one attached hydrogen (secondary N) is 1. The van der Waals surface area contributed by atoms with E-state index in [-0.39, 0.29) is 11.8 Å². The van der Waals surface area contributed by atoms with E-state index < -0.39 is 5.97 Å². The predicted octanol–water partition coefficient (Wildman–Crippen LogP) is 1.09. The second-order valence-corrected chi connectivity index (χ2v) is 5.73. The second-order valence-electron chi connectivity index (χ2n) is 5.73. The molecule has 2 heterocycles. The molecule has 1 amide bonds. The van der Waals surface area contributed by atoms with Gasteiger partial charge >= 0.3 is 5.97 Å². The Morgan fingerprint density at radius 3 is 2.32 bits per heavy atom. The van der Waals surface area contributed by atoms with E-state index in [0.717, 1.165) is 19.5 Å². The van der Waals surface area contributed by atoms with Gasteiger partial charge < -0.3 is 15.3 Å². The topological polar surface area (TPSA) is 69.6 Å². The van der Waals surface area contributed by atoms with Gasteiger partial charge in [-0.3, -0.25) is 9.59 Å². The third kappa shape index (κ3) is 4.20. The van der Waals surface area contributed by atoms with Crippen LogP contribution in [0.4, 0.5) is 0 Å². The van der Waals surface area contributed by atoms with Crippen LogP contribution in [0, 0.1) is 11.8 Å². The van der Waals surface area contributed by atoms with Crippen molar-refractivity contribution in [1.82, 2.24) is 10.2 Å². The minimum atomic E-state index is -0.721. The summed E-state index contributed by atoms with van der Waals surface area (Å²) >= 11 is 0. The zero-order valence-corrected chi connectivity index (χ0v) is 11.4. The van der Waals surface area contributed by atoms with Crippen molar-refractivity contribution in [3.63, 3.8) is 0 Å². The van der Waals surface area contributed by atoms with Crippen LogP contribution < -0.4 is 5.32 Å². The Morgan fingerprint density at radius 2 is 1.74 bits per heavy atom. The Bertz CT molecular complexity index is 319. The quantitative estimate of drug-likeness (QED) is 0.801. The molecule has 5 nitrogen and oxygen atoms in total. The standard InChI is InChI=1S/C14H24N2O3/c17-13(2-1-11-3-7-15-8-4-11)16-9-5-12(6-10-16)14(18)19/h11-12,15H,1-10H2,(H,18,19). The average molecular weight is 268 g/mol. The summed E-state index contributed by atoms with van der Waals surface area (Å²) in [6.45, 7) is 3.37. The first kappa shape index (κ1) is 14.3. The molecule has 108 valence electrons. The molecule has 0 aromatic heterocycles. The number of carbonyl (C=O) groups excluding carboxylic acids is 1. The number of carboxylic acid groups (broad SMARTS) is 1. The van der Waals surface area contributed by atoms with Crippen LogP contribution in [-0.4, -0.2) is 48.1 Å². The number of amides is 1. The normalized spacial score (nSPS) is 22.4. The van der Waals surface area contributed by atoms with Gasteiger partial charge in [-0.25, -0.2) is 0 Å². The molecule has 2 fully saturated rings. The van der Waals surface area contributed by atoms with Crippen molar-refractivity contribution >= 4 is 11.9 Å². The van der Waals surface area contributed by atoms with Gasteiger partial charge in [0.1, 0.15) is 0 Å². The SMILES string of the molecule is O=C(O)C1CCN(C(=O)CCC2CCNCC2)CC1. The maximum atomic E-state index is 12.1. The molecule has 0 radical (unpaired) electrons. The van der Waals surface area contributed by atoms with E-state index in [9.17, 15) is 9.59 Å². The van der Waals surface area contributed by atoms with E-state index in [2.05, 4.69) is 5.32 Å². The van der Waals surface area contributed by atoms with Crippen LogP contribution in [0.1, 0.15) is 38.5 Å². The lowest BCUT2D eigenvalue weighted by molar-refractivity contribution is -0.145. The van der Waals surface area contributed by atoms with Crippen LogP contribution in [-0.2, 0) is 9.59 Å². The van der Waals surface area contributed by atoms with E-state index in [1.165, 1.54) is 12.8 Å². The number of nitrogens with zero attached hydrogens (tertiary/aromatic N) is 1. The zero-order valence-electron chi connectivity index (χ0n) is 11.4. The van der Waals surface area contributed by atoms with Crippen molar-refractivity contribution in [1.29, 1.82) is 0 Å². The maximum Gasteiger partial charge on any atom is 0.306 e. The number of piperidine rings is 2. The van der Waals surface area contributed by atoms with E-state index in [1.807, 2.05) is 4.90 Å². The molecule has 0 aromatic carbocycles. The minimum Gasteiger partial charge on any atom is -0.481 e. The van der Waals surface area contributed by atoms with Crippen molar-refractivity contribution < 1.29 is 14.7 Å². The zero-order chi connectivity index (χ0) is 13.7. The molecule has 5 heteroatoms. The molecule has 0 unspecified atom stereocenters. The molecule has 2 saturated heterocycles. The van der Waals surface area contributed by atoms with Gasteiger partial charge in [0, 0.05) is 19.5 Å². The lowest BCUT2D eigenvalue weighted by Crippen LogP contribution is -2.40. The summed E-state index contributed by atoms with van der Waals surface area (Å²) in [5, 5.41) is 12.3. The molecular formula is C14H24N2O3. The van der Waals surface area contributed by atoms with Gasteiger partial charge in [-0.15, -0.1) is 0 Å². The lowest BCUT2D eigenvalue weighted by Gasteiger charge is -2.31. The van der Waals surface area contributed by atoms with Crippen molar-refractivity contribution in [2.24, 2.45) is 11.8 Å². The van der Waals surface area contributed by atoms with Gasteiger partial charge in [-0.05, 0) is 51.1 Å². The summed E-state index contributed by atoms with van der Waals surface area (Å²) in [5.74, 6) is -0.0839. The third-order valence-electron chi connectivity index (χ3n) is 4.42. The third-order valence-corrected chi connectivity index (χ3v) is 4.42. The Kier molecular flexibility index (Phi) is 5.19. The van der Waals surface area contributed by atoms with E-state index in [1.54, 1.807) is 0 Å². The van der Waals surface area contributed by atoms with E-state index >= 15 is 0 Å². The first-order valence-electron chi connectivity index (χ1n) is 7.38. The molecule has 0 saturated carbocycles. The first-order chi connectivity index (χ1) is 9.16. The highest BCUT2D eigenvalue weighted by Gasteiger charge is 2.27. The maximum absolute atomic E-state index is 12.1. The van der Waals surface area contributed by atoms with Crippen molar-refractivity contribution in [3.8, 4) is 0 Å². The van der Waals surface area contributed by atoms with Crippen molar-refractivity contribution in [2.75, 3.05) is 26.2 Å².